The molecule has 5 nitrogen and oxygen atoms in total. The van der Waals surface area contributed by atoms with Crippen molar-refractivity contribution < 1.29 is 9.84 Å². The zero-order chi connectivity index (χ0) is 23.2. The quantitative estimate of drug-likeness (QED) is 0.624. The first-order valence-corrected chi connectivity index (χ1v) is 13.6. The van der Waals surface area contributed by atoms with Gasteiger partial charge in [0.05, 0.1) is 12.2 Å². The smallest absolute Gasteiger partial charge is 0.162 e. The van der Waals surface area contributed by atoms with E-state index in [4.69, 9.17) is 10.00 Å². The van der Waals surface area contributed by atoms with Crippen molar-refractivity contribution >= 4 is 0 Å². The van der Waals surface area contributed by atoms with E-state index in [1.54, 1.807) is 0 Å². The molecule has 0 aromatic carbocycles. The zero-order valence-corrected chi connectivity index (χ0v) is 20.9. The molecule has 0 saturated heterocycles. The number of fused-ring (bicyclic) bond motifs is 5. The number of ether oxygens (including phenoxy) is 1. The highest BCUT2D eigenvalue weighted by atomic mass is 16.5. The summed E-state index contributed by atoms with van der Waals surface area (Å²) < 4.78 is 7.63. The van der Waals surface area contributed by atoms with Gasteiger partial charge in [0, 0.05) is 19.3 Å². The van der Waals surface area contributed by atoms with Crippen molar-refractivity contribution in [2.75, 3.05) is 13.2 Å². The van der Waals surface area contributed by atoms with Gasteiger partial charge in [0.2, 0.25) is 0 Å². The minimum absolute atomic E-state index is 0.447. The van der Waals surface area contributed by atoms with E-state index in [9.17, 15) is 5.11 Å². The summed E-state index contributed by atoms with van der Waals surface area (Å²) in [5.74, 6) is 5.47. The van der Waals surface area contributed by atoms with Gasteiger partial charge in [0.15, 0.2) is 5.69 Å². The number of hydrogen-bond donors (Lipinski definition) is 1. The Morgan fingerprint density at radius 1 is 1.18 bits per heavy atom. The third-order valence-corrected chi connectivity index (χ3v) is 10.7. The fourth-order valence-corrected chi connectivity index (χ4v) is 9.31. The van der Waals surface area contributed by atoms with Gasteiger partial charge in [0.25, 0.3) is 0 Å². The second-order valence-electron chi connectivity index (χ2n) is 12.3. The maximum atomic E-state index is 11.1. The summed E-state index contributed by atoms with van der Waals surface area (Å²) in [7, 11) is 0. The first-order valence-electron chi connectivity index (χ1n) is 13.6. The predicted molar refractivity (Wildman–Crippen MR) is 128 cm³/mol. The highest BCUT2D eigenvalue weighted by Crippen LogP contribution is 2.65. The summed E-state index contributed by atoms with van der Waals surface area (Å²) in [5.41, 5.74) is 0.387. The Hall–Kier alpha value is -1.38. The molecule has 1 N–H and O–H groups in total. The Balaban J connectivity index is 1.26. The van der Waals surface area contributed by atoms with E-state index in [0.29, 0.717) is 36.2 Å². The van der Waals surface area contributed by atoms with Crippen LogP contribution in [0.3, 0.4) is 0 Å². The molecule has 0 radical (unpaired) electrons. The van der Waals surface area contributed by atoms with E-state index in [-0.39, 0.29) is 0 Å². The van der Waals surface area contributed by atoms with Gasteiger partial charge in [-0.1, -0.05) is 13.8 Å². The topological polar surface area (TPSA) is 71.1 Å². The number of hydrogen-bond acceptors (Lipinski definition) is 4. The largest absolute Gasteiger partial charge is 0.387 e. The van der Waals surface area contributed by atoms with Crippen molar-refractivity contribution in [2.24, 2.45) is 46.8 Å². The minimum atomic E-state index is -0.584. The Morgan fingerprint density at radius 2 is 2.00 bits per heavy atom. The van der Waals surface area contributed by atoms with Gasteiger partial charge in [-0.25, -0.2) is 0 Å². The molecule has 9 atom stereocenters. The van der Waals surface area contributed by atoms with Crippen LogP contribution in [-0.2, 0) is 11.3 Å². The van der Waals surface area contributed by atoms with Crippen LogP contribution in [0, 0.1) is 58.2 Å². The van der Waals surface area contributed by atoms with E-state index in [2.05, 4.69) is 25.0 Å². The summed E-state index contributed by atoms with van der Waals surface area (Å²) in [4.78, 5) is 0. The number of rotatable bonds is 6. The molecule has 182 valence electrons. The molecular formula is C28H43N3O2. The van der Waals surface area contributed by atoms with Crippen molar-refractivity contribution in [3.05, 3.63) is 18.0 Å². The van der Waals surface area contributed by atoms with E-state index >= 15 is 0 Å². The predicted octanol–water partition coefficient (Wildman–Crippen LogP) is 5.43. The van der Waals surface area contributed by atoms with Gasteiger partial charge < -0.3 is 9.84 Å². The molecule has 4 saturated carbocycles. The first kappa shape index (κ1) is 23.4. The molecule has 1 aromatic rings. The van der Waals surface area contributed by atoms with Gasteiger partial charge in [-0.05, 0) is 118 Å². The van der Waals surface area contributed by atoms with Gasteiger partial charge >= 0.3 is 0 Å². The second-order valence-corrected chi connectivity index (χ2v) is 12.3. The van der Waals surface area contributed by atoms with Crippen LogP contribution in [0.5, 0.6) is 0 Å². The van der Waals surface area contributed by atoms with Crippen LogP contribution < -0.4 is 0 Å². The van der Waals surface area contributed by atoms with Crippen molar-refractivity contribution in [1.82, 2.24) is 9.78 Å². The lowest BCUT2D eigenvalue weighted by Crippen LogP contribution is -2.52. The molecule has 4 aliphatic carbocycles. The Morgan fingerprint density at radius 3 is 2.76 bits per heavy atom. The third-order valence-electron chi connectivity index (χ3n) is 10.7. The second kappa shape index (κ2) is 9.00. The number of aliphatic hydroxyl groups is 1. The van der Waals surface area contributed by atoms with Crippen molar-refractivity contribution in [3.63, 3.8) is 0 Å². The van der Waals surface area contributed by atoms with Crippen LogP contribution in [0.4, 0.5) is 0 Å². The molecule has 0 amide bonds. The summed E-state index contributed by atoms with van der Waals surface area (Å²) in [6, 6.07) is 3.99. The molecule has 1 heterocycles. The monoisotopic (exact) mass is 453 g/mol. The first-order chi connectivity index (χ1) is 15.9. The Bertz CT molecular complexity index is 877. The number of nitrogens with zero attached hydrogens (tertiary/aromatic N) is 3. The Labute approximate surface area is 199 Å². The summed E-state index contributed by atoms with van der Waals surface area (Å²) >= 11 is 0. The average molecular weight is 454 g/mol. The third kappa shape index (κ3) is 4.16. The highest BCUT2D eigenvalue weighted by Gasteiger charge is 2.58. The number of nitriles is 1. The lowest BCUT2D eigenvalue weighted by Gasteiger charge is -2.57. The molecule has 0 bridgehead atoms. The maximum absolute atomic E-state index is 11.1. The van der Waals surface area contributed by atoms with E-state index < -0.39 is 5.60 Å². The normalized spacial score (nSPS) is 43.2. The van der Waals surface area contributed by atoms with Gasteiger partial charge in [-0.2, -0.15) is 10.4 Å². The van der Waals surface area contributed by atoms with Crippen LogP contribution in [0.25, 0.3) is 0 Å². The van der Waals surface area contributed by atoms with Crippen LogP contribution in [0.2, 0.25) is 0 Å². The van der Waals surface area contributed by atoms with Crippen molar-refractivity contribution in [3.8, 4) is 6.07 Å². The van der Waals surface area contributed by atoms with Crippen molar-refractivity contribution in [2.45, 2.75) is 90.7 Å². The lowest BCUT2D eigenvalue weighted by molar-refractivity contribution is -0.129. The van der Waals surface area contributed by atoms with Crippen molar-refractivity contribution in [1.29, 1.82) is 5.26 Å². The molecule has 5 rings (SSSR count). The van der Waals surface area contributed by atoms with E-state index in [1.807, 2.05) is 23.9 Å². The van der Waals surface area contributed by atoms with Crippen LogP contribution in [-0.4, -0.2) is 33.7 Å². The molecular weight excluding hydrogens is 410 g/mol. The summed E-state index contributed by atoms with van der Waals surface area (Å²) in [6.07, 6.45) is 13.2. The molecule has 1 unspecified atom stereocenters. The van der Waals surface area contributed by atoms with E-state index in [1.165, 1.54) is 44.9 Å². The molecule has 0 spiro atoms. The van der Waals surface area contributed by atoms with E-state index in [0.717, 1.165) is 49.0 Å². The molecule has 4 aliphatic rings. The van der Waals surface area contributed by atoms with Crippen LogP contribution in [0.15, 0.2) is 12.3 Å². The number of aromatic nitrogens is 2. The fourth-order valence-electron chi connectivity index (χ4n) is 9.31. The fraction of sp³-hybridized carbons (Fsp3) is 0.857. The zero-order valence-electron chi connectivity index (χ0n) is 20.9. The molecule has 1 aromatic heterocycles. The average Bonchev–Trinajstić information content (AvgIpc) is 3.40. The molecule has 5 heteroatoms. The van der Waals surface area contributed by atoms with Gasteiger partial charge in [-0.3, -0.25) is 4.68 Å². The SMILES string of the molecule is CCOC[C@@]1(O)CC[C@H]2[C@H](CC[C@@H]3[C@@H]2CC[C@]2(C)[C@@H](C(C)Cn4ccc(C#N)n4)CC[C@@H]32)C1. The van der Waals surface area contributed by atoms with Crippen LogP contribution in [0.1, 0.15) is 84.3 Å². The summed E-state index contributed by atoms with van der Waals surface area (Å²) in [6.45, 7) is 9.18. The Kier molecular flexibility index (Phi) is 6.38. The highest BCUT2D eigenvalue weighted by molar-refractivity contribution is 5.16. The van der Waals surface area contributed by atoms with Gasteiger partial charge in [-0.15, -0.1) is 0 Å². The summed E-state index contributed by atoms with van der Waals surface area (Å²) in [5, 5.41) is 24.7. The minimum Gasteiger partial charge on any atom is -0.387 e. The lowest BCUT2D eigenvalue weighted by atomic mass is 9.48. The standard InChI is InChI=1S/C28H43N3O2/c1-4-33-18-28(32)13-10-22-20(15-28)5-6-24-23(22)9-12-27(3)25(7-8-26(24)27)19(2)17-31-14-11-21(16-29)30-31/h11,14,19-20,22-26,32H,4-10,12-13,15,17-18H2,1-3H3/t19?,20-,22+,23-,24-,25-,26+,27-,28-/m1/s1. The van der Waals surface area contributed by atoms with Gasteiger partial charge in [0.1, 0.15) is 6.07 Å². The molecule has 4 fully saturated rings. The van der Waals surface area contributed by atoms with Crippen LogP contribution >= 0.6 is 0 Å². The molecule has 33 heavy (non-hydrogen) atoms. The molecule has 0 aliphatic heterocycles. The maximum Gasteiger partial charge on any atom is 0.162 e.